The normalized spacial score (nSPS) is 14.6. The number of carbonyl (C=O) groups excluding carboxylic acids is 1. The highest BCUT2D eigenvalue weighted by Crippen LogP contribution is 2.32. The zero-order valence-electron chi connectivity index (χ0n) is 19.1. The Labute approximate surface area is 189 Å². The first-order chi connectivity index (χ1) is 14.7. The molecule has 2 heterocycles. The van der Waals surface area contributed by atoms with E-state index in [1.807, 2.05) is 11.8 Å². The van der Waals surface area contributed by atoms with Gasteiger partial charge in [-0.3, -0.25) is 4.79 Å². The molecule has 3 rings (SSSR count). The van der Waals surface area contributed by atoms with Crippen LogP contribution in [-0.2, 0) is 11.2 Å². The van der Waals surface area contributed by atoms with Crippen LogP contribution in [-0.4, -0.2) is 47.0 Å². The van der Waals surface area contributed by atoms with Crippen molar-refractivity contribution in [1.29, 1.82) is 0 Å². The summed E-state index contributed by atoms with van der Waals surface area (Å²) in [7, 11) is 0. The Hall–Kier alpha value is -2.21. The predicted molar refractivity (Wildman–Crippen MR) is 123 cm³/mol. The lowest BCUT2D eigenvalue weighted by Crippen LogP contribution is -2.49. The van der Waals surface area contributed by atoms with Gasteiger partial charge in [0.2, 0.25) is 5.91 Å². The van der Waals surface area contributed by atoms with Crippen LogP contribution >= 0.6 is 11.6 Å². The average Bonchev–Trinajstić information content (AvgIpc) is 2.70. The number of carbonyl (C=O) groups is 1. The molecule has 1 saturated heterocycles. The summed E-state index contributed by atoms with van der Waals surface area (Å²) in [5, 5.41) is 0.408. The molecule has 1 aliphatic rings. The second kappa shape index (κ2) is 9.94. The molecule has 0 unspecified atom stereocenters. The minimum atomic E-state index is -0.321. The third-order valence-corrected chi connectivity index (χ3v) is 5.96. The molecular formula is C24H32ClFN4O. The molecule has 2 aromatic rings. The van der Waals surface area contributed by atoms with Crippen molar-refractivity contribution >= 4 is 23.3 Å². The topological polar surface area (TPSA) is 49.3 Å². The van der Waals surface area contributed by atoms with E-state index >= 15 is 0 Å². The largest absolute Gasteiger partial charge is 0.353 e. The number of nitrogens with zero attached hydrogens (tertiary/aromatic N) is 4. The highest BCUT2D eigenvalue weighted by molar-refractivity contribution is 6.31. The fourth-order valence-electron chi connectivity index (χ4n) is 4.03. The van der Waals surface area contributed by atoms with E-state index in [0.29, 0.717) is 61.3 Å². The molecule has 0 bridgehead atoms. The van der Waals surface area contributed by atoms with Gasteiger partial charge in [0.25, 0.3) is 0 Å². The summed E-state index contributed by atoms with van der Waals surface area (Å²) in [6.07, 6.45) is 0.905. The molecule has 0 radical (unpaired) electrons. The molecule has 5 nitrogen and oxygen atoms in total. The van der Waals surface area contributed by atoms with Crippen molar-refractivity contribution in [2.24, 2.45) is 5.92 Å². The van der Waals surface area contributed by atoms with Crippen LogP contribution in [0.2, 0.25) is 5.02 Å². The molecule has 0 N–H and O–H groups in total. The summed E-state index contributed by atoms with van der Waals surface area (Å²) in [6.45, 7) is 12.9. The summed E-state index contributed by atoms with van der Waals surface area (Å²) < 4.78 is 14.6. The van der Waals surface area contributed by atoms with Gasteiger partial charge < -0.3 is 9.80 Å². The second-order valence-electron chi connectivity index (χ2n) is 8.96. The van der Waals surface area contributed by atoms with Crippen molar-refractivity contribution in [3.8, 4) is 0 Å². The van der Waals surface area contributed by atoms with E-state index in [2.05, 4.69) is 32.6 Å². The van der Waals surface area contributed by atoms with Gasteiger partial charge >= 0.3 is 0 Å². The van der Waals surface area contributed by atoms with Crippen LogP contribution in [0, 0.1) is 18.7 Å². The smallest absolute Gasteiger partial charge is 0.222 e. The van der Waals surface area contributed by atoms with Gasteiger partial charge in [0.1, 0.15) is 17.5 Å². The molecule has 7 heteroatoms. The third kappa shape index (κ3) is 5.53. The maximum atomic E-state index is 14.6. The van der Waals surface area contributed by atoms with Gasteiger partial charge in [-0.15, -0.1) is 0 Å². The second-order valence-corrected chi connectivity index (χ2v) is 9.36. The highest BCUT2D eigenvalue weighted by Gasteiger charge is 2.27. The van der Waals surface area contributed by atoms with Crippen molar-refractivity contribution in [3.05, 3.63) is 51.7 Å². The van der Waals surface area contributed by atoms with E-state index < -0.39 is 0 Å². The minimum Gasteiger partial charge on any atom is -0.353 e. The Kier molecular flexibility index (Phi) is 7.52. The Morgan fingerprint density at radius 3 is 2.35 bits per heavy atom. The fraction of sp³-hybridized carbons (Fsp3) is 0.542. The van der Waals surface area contributed by atoms with E-state index in [1.165, 1.54) is 6.07 Å². The number of anilines is 1. The van der Waals surface area contributed by atoms with Crippen molar-refractivity contribution in [1.82, 2.24) is 14.9 Å². The summed E-state index contributed by atoms with van der Waals surface area (Å²) >= 11 is 6.34. The Bertz CT molecular complexity index is 919. The molecule has 31 heavy (non-hydrogen) atoms. The number of amides is 1. The van der Waals surface area contributed by atoms with Crippen molar-refractivity contribution < 1.29 is 9.18 Å². The van der Waals surface area contributed by atoms with Crippen LogP contribution in [0.4, 0.5) is 10.2 Å². The summed E-state index contributed by atoms with van der Waals surface area (Å²) in [5.74, 6) is 1.91. The van der Waals surface area contributed by atoms with E-state index in [1.54, 1.807) is 12.1 Å². The zero-order chi connectivity index (χ0) is 22.7. The molecule has 0 saturated carbocycles. The lowest BCUT2D eigenvalue weighted by atomic mass is 9.97. The quantitative estimate of drug-likeness (QED) is 0.627. The molecular weight excluding hydrogens is 415 g/mol. The van der Waals surface area contributed by atoms with E-state index in [-0.39, 0.29) is 17.6 Å². The maximum absolute atomic E-state index is 14.6. The van der Waals surface area contributed by atoms with Gasteiger partial charge in [-0.05, 0) is 30.9 Å². The van der Waals surface area contributed by atoms with Gasteiger partial charge in [-0.1, -0.05) is 45.4 Å². The number of aryl methyl sites for hydroxylation is 1. The summed E-state index contributed by atoms with van der Waals surface area (Å²) in [4.78, 5) is 26.0. The van der Waals surface area contributed by atoms with Gasteiger partial charge in [-0.2, -0.15) is 0 Å². The number of piperazine rings is 1. The van der Waals surface area contributed by atoms with Crippen molar-refractivity contribution in [3.63, 3.8) is 0 Å². The van der Waals surface area contributed by atoms with Crippen LogP contribution in [0.15, 0.2) is 18.2 Å². The first kappa shape index (κ1) is 23.5. The molecule has 1 fully saturated rings. The molecule has 168 valence electrons. The molecule has 1 amide bonds. The molecule has 0 atom stereocenters. The van der Waals surface area contributed by atoms with Crippen LogP contribution in [0.5, 0.6) is 0 Å². The molecule has 0 spiro atoms. The fourth-order valence-corrected chi connectivity index (χ4v) is 4.26. The Balaban J connectivity index is 1.93. The summed E-state index contributed by atoms with van der Waals surface area (Å²) in [6, 6.07) is 4.76. The van der Waals surface area contributed by atoms with Gasteiger partial charge in [0.15, 0.2) is 0 Å². The monoisotopic (exact) mass is 446 g/mol. The highest BCUT2D eigenvalue weighted by atomic mass is 35.5. The SMILES string of the molecule is Cc1nc(C(C)C)c(Cc2c(F)cccc2Cl)c(N2CCN(C(=O)CC(C)C)CC2)n1. The van der Waals surface area contributed by atoms with Crippen LogP contribution in [0.25, 0.3) is 0 Å². The number of benzene rings is 1. The number of aromatic nitrogens is 2. The maximum Gasteiger partial charge on any atom is 0.222 e. The number of halogens is 2. The van der Waals surface area contributed by atoms with Crippen LogP contribution in [0.3, 0.4) is 0 Å². The van der Waals surface area contributed by atoms with E-state index in [0.717, 1.165) is 17.1 Å². The van der Waals surface area contributed by atoms with E-state index in [4.69, 9.17) is 21.6 Å². The number of rotatable bonds is 6. The minimum absolute atomic E-state index is 0.162. The lowest BCUT2D eigenvalue weighted by molar-refractivity contribution is -0.132. The molecule has 1 aliphatic heterocycles. The predicted octanol–water partition coefficient (Wildman–Crippen LogP) is 4.99. The average molecular weight is 447 g/mol. The van der Waals surface area contributed by atoms with Crippen molar-refractivity contribution in [2.75, 3.05) is 31.1 Å². The number of hydrogen-bond acceptors (Lipinski definition) is 4. The zero-order valence-corrected chi connectivity index (χ0v) is 19.8. The van der Waals surface area contributed by atoms with E-state index in [9.17, 15) is 9.18 Å². The standard InChI is InChI=1S/C24H32ClFN4O/c1-15(2)13-22(31)29-9-11-30(12-10-29)24-19(23(16(3)4)27-17(5)28-24)14-18-20(25)7-6-8-21(18)26/h6-8,15-16H,9-14H2,1-5H3. The third-order valence-electron chi connectivity index (χ3n) is 5.61. The first-order valence-electron chi connectivity index (χ1n) is 11.0. The van der Waals surface area contributed by atoms with Crippen LogP contribution in [0.1, 0.15) is 62.7 Å². The molecule has 1 aromatic heterocycles. The van der Waals surface area contributed by atoms with Gasteiger partial charge in [0, 0.05) is 55.2 Å². The molecule has 0 aliphatic carbocycles. The van der Waals surface area contributed by atoms with Crippen molar-refractivity contribution in [2.45, 2.75) is 53.4 Å². The lowest BCUT2D eigenvalue weighted by Gasteiger charge is -2.37. The van der Waals surface area contributed by atoms with Gasteiger partial charge in [0.05, 0.1) is 5.69 Å². The Morgan fingerprint density at radius 1 is 1.10 bits per heavy atom. The summed E-state index contributed by atoms with van der Waals surface area (Å²) in [5.41, 5.74) is 2.29. The molecule has 1 aromatic carbocycles. The Morgan fingerprint density at radius 2 is 1.77 bits per heavy atom. The first-order valence-corrected chi connectivity index (χ1v) is 11.4. The number of hydrogen-bond donors (Lipinski definition) is 0. The van der Waals surface area contributed by atoms with Crippen LogP contribution < -0.4 is 4.90 Å². The van der Waals surface area contributed by atoms with Gasteiger partial charge in [-0.25, -0.2) is 14.4 Å².